The molecule has 1 aromatic heterocycles. The van der Waals surface area contributed by atoms with Crippen molar-refractivity contribution in [2.24, 2.45) is 5.73 Å². The molecule has 0 aliphatic heterocycles. The van der Waals surface area contributed by atoms with Crippen molar-refractivity contribution in [2.45, 2.75) is 19.3 Å². The highest BCUT2D eigenvalue weighted by Gasteiger charge is 2.11. The van der Waals surface area contributed by atoms with Gasteiger partial charge in [-0.2, -0.15) is 0 Å². The minimum absolute atomic E-state index is 0.222. The monoisotopic (exact) mass is 294 g/mol. The van der Waals surface area contributed by atoms with Gasteiger partial charge in [-0.25, -0.2) is 4.39 Å². The number of pyridine rings is 1. The van der Waals surface area contributed by atoms with Crippen LogP contribution in [0.4, 0.5) is 4.39 Å². The molecule has 1 unspecified atom stereocenters. The van der Waals surface area contributed by atoms with Gasteiger partial charge < -0.3 is 5.73 Å². The van der Waals surface area contributed by atoms with Gasteiger partial charge >= 0.3 is 0 Å². The average Bonchev–Trinajstić information content (AvgIpc) is 2.55. The molecular formula is C19H19FN2. The van der Waals surface area contributed by atoms with E-state index in [-0.39, 0.29) is 5.82 Å². The number of halogens is 1. The van der Waals surface area contributed by atoms with Gasteiger partial charge in [0.05, 0.1) is 5.52 Å². The van der Waals surface area contributed by atoms with Crippen LogP contribution < -0.4 is 5.73 Å². The predicted molar refractivity (Wildman–Crippen MR) is 89.2 cm³/mol. The second-order valence-corrected chi connectivity index (χ2v) is 5.63. The van der Waals surface area contributed by atoms with Crippen LogP contribution in [-0.2, 0) is 0 Å². The Balaban J connectivity index is 2.06. The Morgan fingerprint density at radius 3 is 2.77 bits per heavy atom. The Bertz CT molecular complexity index is 798. The molecule has 3 aromatic rings. The number of para-hydroxylation sites is 1. The zero-order chi connectivity index (χ0) is 15.5. The van der Waals surface area contributed by atoms with Crippen molar-refractivity contribution in [2.75, 3.05) is 6.54 Å². The van der Waals surface area contributed by atoms with Crippen LogP contribution in [0.3, 0.4) is 0 Å². The molecule has 1 atom stereocenters. The number of nitrogens with zero attached hydrogens (tertiary/aromatic N) is 1. The molecule has 0 aliphatic carbocycles. The first-order valence-electron chi connectivity index (χ1n) is 7.53. The lowest BCUT2D eigenvalue weighted by molar-refractivity contribution is 0.627. The summed E-state index contributed by atoms with van der Waals surface area (Å²) in [6, 6.07) is 15.1. The summed E-state index contributed by atoms with van der Waals surface area (Å²) in [4.78, 5) is 4.42. The summed E-state index contributed by atoms with van der Waals surface area (Å²) < 4.78 is 14.3. The fraction of sp³-hybridized carbons (Fsp3) is 0.211. The fourth-order valence-corrected chi connectivity index (χ4v) is 2.71. The van der Waals surface area contributed by atoms with E-state index < -0.39 is 0 Å². The molecule has 2 N–H and O–H groups in total. The highest BCUT2D eigenvalue weighted by atomic mass is 19.1. The van der Waals surface area contributed by atoms with Crippen molar-refractivity contribution in [3.63, 3.8) is 0 Å². The summed E-state index contributed by atoms with van der Waals surface area (Å²) in [6.45, 7) is 2.74. The minimum Gasteiger partial charge on any atom is -0.330 e. The number of rotatable bonds is 4. The third kappa shape index (κ3) is 2.85. The van der Waals surface area contributed by atoms with Gasteiger partial charge in [-0.3, -0.25) is 4.98 Å². The highest BCUT2D eigenvalue weighted by molar-refractivity contribution is 5.83. The Morgan fingerprint density at radius 2 is 1.95 bits per heavy atom. The lowest BCUT2D eigenvalue weighted by Gasteiger charge is -2.13. The topological polar surface area (TPSA) is 38.9 Å². The van der Waals surface area contributed by atoms with E-state index in [1.165, 1.54) is 6.07 Å². The largest absolute Gasteiger partial charge is 0.330 e. The van der Waals surface area contributed by atoms with E-state index >= 15 is 0 Å². The quantitative estimate of drug-likeness (QED) is 0.769. The molecule has 0 amide bonds. The maximum Gasteiger partial charge on any atom is 0.131 e. The van der Waals surface area contributed by atoms with Gasteiger partial charge in [0.25, 0.3) is 0 Å². The standard InChI is InChI=1S/C19H19FN2/c1-13(8-9-21)14-6-7-18(20)17(11-14)16-10-15-4-2-3-5-19(15)22-12-16/h2-7,10-13H,8-9,21H2,1H3. The van der Waals surface area contributed by atoms with E-state index in [9.17, 15) is 4.39 Å². The molecule has 0 fully saturated rings. The Kier molecular flexibility index (Phi) is 4.16. The first-order valence-corrected chi connectivity index (χ1v) is 7.53. The SMILES string of the molecule is CC(CCN)c1ccc(F)c(-c2cnc3ccccc3c2)c1. The first kappa shape index (κ1) is 14.7. The lowest BCUT2D eigenvalue weighted by atomic mass is 9.94. The van der Waals surface area contributed by atoms with Crippen LogP contribution in [0.25, 0.3) is 22.0 Å². The summed E-state index contributed by atoms with van der Waals surface area (Å²) >= 11 is 0. The van der Waals surface area contributed by atoms with Gasteiger partial charge in [0.1, 0.15) is 5.82 Å². The minimum atomic E-state index is -0.222. The van der Waals surface area contributed by atoms with E-state index in [1.54, 1.807) is 6.20 Å². The van der Waals surface area contributed by atoms with E-state index in [0.717, 1.165) is 28.5 Å². The van der Waals surface area contributed by atoms with E-state index in [4.69, 9.17) is 5.73 Å². The summed E-state index contributed by atoms with van der Waals surface area (Å²) in [5.41, 5.74) is 9.05. The molecular weight excluding hydrogens is 275 g/mol. The third-order valence-electron chi connectivity index (χ3n) is 4.06. The Hall–Kier alpha value is -2.26. The maximum absolute atomic E-state index is 14.3. The van der Waals surface area contributed by atoms with Crippen LogP contribution in [0.15, 0.2) is 54.7 Å². The summed E-state index contributed by atoms with van der Waals surface area (Å²) in [7, 11) is 0. The second kappa shape index (κ2) is 6.24. The van der Waals surface area contributed by atoms with E-state index in [2.05, 4.69) is 11.9 Å². The van der Waals surface area contributed by atoms with Crippen molar-refractivity contribution in [3.8, 4) is 11.1 Å². The third-order valence-corrected chi connectivity index (χ3v) is 4.06. The highest BCUT2D eigenvalue weighted by Crippen LogP contribution is 2.29. The molecule has 0 saturated carbocycles. The van der Waals surface area contributed by atoms with Gasteiger partial charge in [0, 0.05) is 22.7 Å². The second-order valence-electron chi connectivity index (χ2n) is 5.63. The zero-order valence-electron chi connectivity index (χ0n) is 12.6. The molecule has 0 saturated heterocycles. The van der Waals surface area contributed by atoms with E-state index in [0.29, 0.717) is 18.0 Å². The number of fused-ring (bicyclic) bond motifs is 1. The molecule has 3 heteroatoms. The molecule has 112 valence electrons. The number of hydrogen-bond acceptors (Lipinski definition) is 2. The smallest absolute Gasteiger partial charge is 0.131 e. The molecule has 3 rings (SSSR count). The molecule has 0 bridgehead atoms. The average molecular weight is 294 g/mol. The van der Waals surface area contributed by atoms with Crippen LogP contribution in [0, 0.1) is 5.82 Å². The van der Waals surface area contributed by atoms with Crippen LogP contribution in [0.2, 0.25) is 0 Å². The van der Waals surface area contributed by atoms with Crippen molar-refractivity contribution < 1.29 is 4.39 Å². The molecule has 2 nitrogen and oxygen atoms in total. The maximum atomic E-state index is 14.3. The molecule has 0 radical (unpaired) electrons. The van der Waals surface area contributed by atoms with Crippen LogP contribution in [0.1, 0.15) is 24.8 Å². The van der Waals surface area contributed by atoms with Gasteiger partial charge in [-0.15, -0.1) is 0 Å². The van der Waals surface area contributed by atoms with Crippen LogP contribution >= 0.6 is 0 Å². The molecule has 22 heavy (non-hydrogen) atoms. The fourth-order valence-electron chi connectivity index (χ4n) is 2.71. The van der Waals surface area contributed by atoms with Crippen molar-refractivity contribution in [1.29, 1.82) is 0 Å². The van der Waals surface area contributed by atoms with Crippen LogP contribution in [-0.4, -0.2) is 11.5 Å². The molecule has 0 spiro atoms. The normalized spacial score (nSPS) is 12.5. The van der Waals surface area contributed by atoms with E-state index in [1.807, 2.05) is 42.5 Å². The molecule has 2 aromatic carbocycles. The molecule has 0 aliphatic rings. The number of aromatic nitrogens is 1. The van der Waals surface area contributed by atoms with Crippen LogP contribution in [0.5, 0.6) is 0 Å². The zero-order valence-corrected chi connectivity index (χ0v) is 12.6. The van der Waals surface area contributed by atoms with Gasteiger partial charge in [-0.05, 0) is 48.7 Å². The predicted octanol–water partition coefficient (Wildman–Crippen LogP) is 4.49. The Morgan fingerprint density at radius 1 is 1.14 bits per heavy atom. The number of hydrogen-bond donors (Lipinski definition) is 1. The lowest BCUT2D eigenvalue weighted by Crippen LogP contribution is -2.05. The Labute approximate surface area is 129 Å². The summed E-state index contributed by atoms with van der Waals surface area (Å²) in [5.74, 6) is 0.0959. The summed E-state index contributed by atoms with van der Waals surface area (Å²) in [6.07, 6.45) is 2.62. The number of benzene rings is 2. The molecule has 1 heterocycles. The van der Waals surface area contributed by atoms with Gasteiger partial charge in [-0.1, -0.05) is 31.2 Å². The van der Waals surface area contributed by atoms with Crippen molar-refractivity contribution in [1.82, 2.24) is 4.98 Å². The van der Waals surface area contributed by atoms with Gasteiger partial charge in [0.15, 0.2) is 0 Å². The first-order chi connectivity index (χ1) is 10.7. The number of nitrogens with two attached hydrogens (primary N) is 1. The summed E-state index contributed by atoms with van der Waals surface area (Å²) in [5, 5.41) is 1.01. The van der Waals surface area contributed by atoms with Crippen molar-refractivity contribution in [3.05, 3.63) is 66.1 Å². The van der Waals surface area contributed by atoms with Crippen molar-refractivity contribution >= 4 is 10.9 Å². The van der Waals surface area contributed by atoms with Gasteiger partial charge in [0.2, 0.25) is 0 Å².